The summed E-state index contributed by atoms with van der Waals surface area (Å²) in [7, 11) is 0. The molecular formula is C19H21BrClNO2S. The lowest BCUT2D eigenvalue weighted by Crippen LogP contribution is -2.30. The molecule has 1 amide bonds. The summed E-state index contributed by atoms with van der Waals surface area (Å²) in [6, 6.07) is 13.6. The van der Waals surface area contributed by atoms with Gasteiger partial charge in [0.15, 0.2) is 6.61 Å². The Morgan fingerprint density at radius 3 is 2.60 bits per heavy atom. The second kappa shape index (κ2) is 10.1. The molecule has 3 nitrogen and oxygen atoms in total. The Kier molecular flexibility index (Phi) is 8.13. The maximum atomic E-state index is 11.9. The third kappa shape index (κ3) is 6.92. The number of amides is 1. The predicted molar refractivity (Wildman–Crippen MR) is 109 cm³/mol. The van der Waals surface area contributed by atoms with Crippen molar-refractivity contribution in [3.63, 3.8) is 0 Å². The summed E-state index contributed by atoms with van der Waals surface area (Å²) in [5.74, 6) is 1.79. The minimum atomic E-state index is -0.128. The number of thioether (sulfide) groups is 1. The molecule has 6 heteroatoms. The number of halogens is 2. The summed E-state index contributed by atoms with van der Waals surface area (Å²) in [6.07, 6.45) is 0. The van der Waals surface area contributed by atoms with E-state index in [4.69, 9.17) is 16.3 Å². The Hall–Kier alpha value is -1.17. The number of hydrogen-bond acceptors (Lipinski definition) is 3. The van der Waals surface area contributed by atoms with Gasteiger partial charge >= 0.3 is 0 Å². The molecule has 2 aromatic carbocycles. The van der Waals surface area contributed by atoms with Crippen molar-refractivity contribution < 1.29 is 9.53 Å². The number of carbonyl (C=O) groups excluding carboxylic acids is 1. The van der Waals surface area contributed by atoms with E-state index in [1.807, 2.05) is 42.5 Å². The highest BCUT2D eigenvalue weighted by Gasteiger charge is 2.08. The Balaban J connectivity index is 1.69. The average Bonchev–Trinajstić information content (AvgIpc) is 2.59. The van der Waals surface area contributed by atoms with Crippen LogP contribution in [-0.2, 0) is 4.79 Å². The second-order valence-electron chi connectivity index (χ2n) is 5.79. The number of rotatable bonds is 8. The van der Waals surface area contributed by atoms with Crippen molar-refractivity contribution in [2.45, 2.75) is 24.7 Å². The number of benzene rings is 2. The molecule has 0 atom stereocenters. The van der Waals surface area contributed by atoms with E-state index in [0.717, 1.165) is 20.1 Å². The fraction of sp³-hybridized carbons (Fsp3) is 0.316. The van der Waals surface area contributed by atoms with Gasteiger partial charge in [-0.1, -0.05) is 31.5 Å². The smallest absolute Gasteiger partial charge is 0.257 e. The normalized spacial score (nSPS) is 10.8. The Morgan fingerprint density at radius 2 is 1.96 bits per heavy atom. The minimum absolute atomic E-state index is 0.00520. The van der Waals surface area contributed by atoms with Gasteiger partial charge in [0.05, 0.1) is 4.47 Å². The molecule has 0 radical (unpaired) electrons. The molecule has 25 heavy (non-hydrogen) atoms. The summed E-state index contributed by atoms with van der Waals surface area (Å²) >= 11 is 11.0. The van der Waals surface area contributed by atoms with E-state index in [1.165, 1.54) is 5.56 Å². The molecule has 1 N–H and O–H groups in total. The molecule has 0 saturated heterocycles. The Bertz CT molecular complexity index is 707. The van der Waals surface area contributed by atoms with E-state index in [0.29, 0.717) is 18.2 Å². The Morgan fingerprint density at radius 1 is 1.24 bits per heavy atom. The molecule has 2 rings (SSSR count). The highest BCUT2D eigenvalue weighted by Crippen LogP contribution is 2.28. The molecule has 0 aliphatic heterocycles. The monoisotopic (exact) mass is 441 g/mol. The highest BCUT2D eigenvalue weighted by molar-refractivity contribution is 9.10. The zero-order chi connectivity index (χ0) is 18.2. The summed E-state index contributed by atoms with van der Waals surface area (Å²) in [5, 5.41) is 3.58. The highest BCUT2D eigenvalue weighted by atomic mass is 79.9. The lowest BCUT2D eigenvalue weighted by molar-refractivity contribution is -0.122. The van der Waals surface area contributed by atoms with E-state index in [1.54, 1.807) is 11.8 Å². The van der Waals surface area contributed by atoms with Crippen molar-refractivity contribution in [2.75, 3.05) is 18.9 Å². The first-order valence-electron chi connectivity index (χ1n) is 8.03. The molecule has 0 aliphatic carbocycles. The lowest BCUT2D eigenvalue weighted by Gasteiger charge is -2.11. The van der Waals surface area contributed by atoms with Crippen molar-refractivity contribution in [3.05, 3.63) is 57.5 Å². The molecule has 0 aromatic heterocycles. The average molecular weight is 443 g/mol. The van der Waals surface area contributed by atoms with Crippen LogP contribution in [0.2, 0.25) is 5.02 Å². The van der Waals surface area contributed by atoms with Gasteiger partial charge < -0.3 is 10.1 Å². The molecule has 0 heterocycles. The lowest BCUT2D eigenvalue weighted by atomic mass is 10.0. The van der Waals surface area contributed by atoms with Gasteiger partial charge in [0.1, 0.15) is 5.75 Å². The SMILES string of the molecule is CC(C)c1ccc(OCC(=O)NCCSc2ccc(Cl)cc2)c(Br)c1. The van der Waals surface area contributed by atoms with Crippen LogP contribution < -0.4 is 10.1 Å². The minimum Gasteiger partial charge on any atom is -0.483 e. The summed E-state index contributed by atoms with van der Waals surface area (Å²) < 4.78 is 6.45. The van der Waals surface area contributed by atoms with Crippen molar-refractivity contribution >= 4 is 45.2 Å². The third-order valence-corrected chi connectivity index (χ3v) is 5.37. The second-order valence-corrected chi connectivity index (χ2v) is 8.24. The zero-order valence-electron chi connectivity index (χ0n) is 14.2. The summed E-state index contributed by atoms with van der Waals surface area (Å²) in [4.78, 5) is 13.0. The molecule has 2 aromatic rings. The number of nitrogens with one attached hydrogen (secondary N) is 1. The van der Waals surface area contributed by atoms with E-state index < -0.39 is 0 Å². The van der Waals surface area contributed by atoms with Crippen LogP contribution in [0, 0.1) is 0 Å². The molecule has 0 spiro atoms. The molecule has 0 bridgehead atoms. The third-order valence-electron chi connectivity index (χ3n) is 3.49. The van der Waals surface area contributed by atoms with Crippen LogP contribution in [-0.4, -0.2) is 24.8 Å². The Labute approximate surface area is 166 Å². The standard InChI is InChI=1S/C19H21BrClNO2S/c1-13(2)14-3-8-18(17(20)11-14)24-12-19(23)22-9-10-25-16-6-4-15(21)5-7-16/h3-8,11,13H,9-10,12H2,1-2H3,(H,22,23). The molecule has 134 valence electrons. The van der Waals surface area contributed by atoms with Gasteiger partial charge in [0, 0.05) is 22.2 Å². The van der Waals surface area contributed by atoms with Gasteiger partial charge in [-0.2, -0.15) is 0 Å². The van der Waals surface area contributed by atoms with E-state index in [2.05, 4.69) is 35.1 Å². The first-order valence-corrected chi connectivity index (χ1v) is 10.2. The molecule has 0 unspecified atom stereocenters. The van der Waals surface area contributed by atoms with Gasteiger partial charge in [-0.25, -0.2) is 0 Å². The van der Waals surface area contributed by atoms with Crippen molar-refractivity contribution in [1.82, 2.24) is 5.32 Å². The van der Waals surface area contributed by atoms with Gasteiger partial charge in [-0.15, -0.1) is 11.8 Å². The van der Waals surface area contributed by atoms with Crippen molar-refractivity contribution in [2.24, 2.45) is 0 Å². The first-order chi connectivity index (χ1) is 12.0. The first kappa shape index (κ1) is 20.1. The molecule has 0 aliphatic rings. The van der Waals surface area contributed by atoms with Crippen LogP contribution in [0.3, 0.4) is 0 Å². The van der Waals surface area contributed by atoms with Crippen LogP contribution in [0.5, 0.6) is 5.75 Å². The van der Waals surface area contributed by atoms with E-state index in [9.17, 15) is 4.79 Å². The maximum absolute atomic E-state index is 11.9. The zero-order valence-corrected chi connectivity index (χ0v) is 17.4. The van der Waals surface area contributed by atoms with Crippen LogP contribution >= 0.6 is 39.3 Å². The molecule has 0 saturated carbocycles. The van der Waals surface area contributed by atoms with Crippen LogP contribution in [0.15, 0.2) is 51.8 Å². The number of hydrogen-bond donors (Lipinski definition) is 1. The van der Waals surface area contributed by atoms with E-state index >= 15 is 0 Å². The fourth-order valence-electron chi connectivity index (χ4n) is 2.08. The maximum Gasteiger partial charge on any atom is 0.257 e. The molecule has 0 fully saturated rings. The summed E-state index contributed by atoms with van der Waals surface area (Å²) in [6.45, 7) is 4.86. The van der Waals surface area contributed by atoms with Crippen molar-refractivity contribution in [1.29, 1.82) is 0 Å². The fourth-order valence-corrected chi connectivity index (χ4v) is 3.48. The van der Waals surface area contributed by atoms with Gasteiger partial charge in [-0.05, 0) is 63.8 Å². The summed E-state index contributed by atoms with van der Waals surface area (Å²) in [5.41, 5.74) is 1.22. The van der Waals surface area contributed by atoms with Crippen LogP contribution in [0.4, 0.5) is 0 Å². The van der Waals surface area contributed by atoms with Gasteiger partial charge in [0.25, 0.3) is 5.91 Å². The predicted octanol–water partition coefficient (Wildman–Crippen LogP) is 5.51. The van der Waals surface area contributed by atoms with Gasteiger partial charge in [-0.3, -0.25) is 4.79 Å². The van der Waals surface area contributed by atoms with Crippen LogP contribution in [0.25, 0.3) is 0 Å². The van der Waals surface area contributed by atoms with Crippen LogP contribution in [0.1, 0.15) is 25.3 Å². The van der Waals surface area contributed by atoms with E-state index in [-0.39, 0.29) is 12.5 Å². The molecular weight excluding hydrogens is 422 g/mol. The van der Waals surface area contributed by atoms with Crippen molar-refractivity contribution in [3.8, 4) is 5.75 Å². The number of ether oxygens (including phenoxy) is 1. The van der Waals surface area contributed by atoms with Gasteiger partial charge in [0.2, 0.25) is 0 Å². The largest absolute Gasteiger partial charge is 0.483 e. The number of carbonyl (C=O) groups is 1. The quantitative estimate of drug-likeness (QED) is 0.432. The topological polar surface area (TPSA) is 38.3 Å².